The third kappa shape index (κ3) is 5.78. The number of nitrogens with zero attached hydrogens (tertiary/aromatic N) is 3. The average Bonchev–Trinajstić information content (AvgIpc) is 3.00. The van der Waals surface area contributed by atoms with Crippen molar-refractivity contribution < 1.29 is 0 Å². The summed E-state index contributed by atoms with van der Waals surface area (Å²) in [5.74, 6) is 0.881. The SMILES string of the molecule is CCNC(=NCc1nc(C)c(C)s1)NCCCN1CCc2ccccc2C1. The van der Waals surface area contributed by atoms with Gasteiger partial charge in [-0.2, -0.15) is 0 Å². The van der Waals surface area contributed by atoms with Crippen LogP contribution < -0.4 is 10.6 Å². The Labute approximate surface area is 166 Å². The number of nitrogens with one attached hydrogen (secondary N) is 2. The molecule has 5 nitrogen and oxygen atoms in total. The number of thiazole rings is 1. The summed E-state index contributed by atoms with van der Waals surface area (Å²) in [7, 11) is 0. The van der Waals surface area contributed by atoms with E-state index in [1.54, 1.807) is 11.3 Å². The molecule has 0 amide bonds. The van der Waals surface area contributed by atoms with Gasteiger partial charge >= 0.3 is 0 Å². The second-order valence-electron chi connectivity index (χ2n) is 7.02. The number of aliphatic imine (C=N–C) groups is 1. The summed E-state index contributed by atoms with van der Waals surface area (Å²) in [5.41, 5.74) is 4.12. The molecule has 6 heteroatoms. The molecule has 1 aromatic carbocycles. The second-order valence-corrected chi connectivity index (χ2v) is 8.31. The van der Waals surface area contributed by atoms with Gasteiger partial charge in [-0.05, 0) is 44.7 Å². The fourth-order valence-electron chi connectivity index (χ4n) is 3.35. The first-order valence-electron chi connectivity index (χ1n) is 9.90. The Kier molecular flexibility index (Phi) is 7.24. The van der Waals surface area contributed by atoms with Crippen molar-refractivity contribution in [3.8, 4) is 0 Å². The molecule has 0 aliphatic carbocycles. The topological polar surface area (TPSA) is 52.6 Å². The van der Waals surface area contributed by atoms with Crippen LogP contribution >= 0.6 is 11.3 Å². The maximum atomic E-state index is 4.68. The predicted molar refractivity (Wildman–Crippen MR) is 114 cm³/mol. The van der Waals surface area contributed by atoms with Gasteiger partial charge in [0, 0.05) is 37.6 Å². The highest BCUT2D eigenvalue weighted by molar-refractivity contribution is 7.11. The van der Waals surface area contributed by atoms with Gasteiger partial charge < -0.3 is 10.6 Å². The maximum Gasteiger partial charge on any atom is 0.191 e. The smallest absolute Gasteiger partial charge is 0.191 e. The fraction of sp³-hybridized carbons (Fsp3) is 0.524. The molecule has 0 unspecified atom stereocenters. The molecule has 0 saturated heterocycles. The van der Waals surface area contributed by atoms with Crippen molar-refractivity contribution >= 4 is 17.3 Å². The van der Waals surface area contributed by atoms with Crippen molar-refractivity contribution in [2.24, 2.45) is 4.99 Å². The van der Waals surface area contributed by atoms with E-state index in [1.165, 1.54) is 22.4 Å². The monoisotopic (exact) mass is 385 g/mol. The molecule has 2 N–H and O–H groups in total. The van der Waals surface area contributed by atoms with E-state index in [4.69, 9.17) is 0 Å². The van der Waals surface area contributed by atoms with Gasteiger partial charge in [0.25, 0.3) is 0 Å². The normalized spacial score (nSPS) is 14.9. The lowest BCUT2D eigenvalue weighted by Crippen LogP contribution is -2.39. The zero-order valence-corrected chi connectivity index (χ0v) is 17.5. The summed E-state index contributed by atoms with van der Waals surface area (Å²) in [5, 5.41) is 7.87. The lowest BCUT2D eigenvalue weighted by atomic mass is 10.00. The first kappa shape index (κ1) is 19.8. The summed E-state index contributed by atoms with van der Waals surface area (Å²) in [6.07, 6.45) is 2.28. The van der Waals surface area contributed by atoms with Crippen LogP contribution in [-0.4, -0.2) is 42.0 Å². The summed E-state index contributed by atoms with van der Waals surface area (Å²) in [6.45, 7) is 12.1. The van der Waals surface area contributed by atoms with Gasteiger partial charge in [0.1, 0.15) is 5.01 Å². The number of benzene rings is 1. The molecule has 1 aromatic heterocycles. The molecule has 27 heavy (non-hydrogen) atoms. The highest BCUT2D eigenvalue weighted by Crippen LogP contribution is 2.18. The zero-order valence-electron chi connectivity index (χ0n) is 16.7. The van der Waals surface area contributed by atoms with Crippen LogP contribution in [0.5, 0.6) is 0 Å². The van der Waals surface area contributed by atoms with Crippen LogP contribution in [0.4, 0.5) is 0 Å². The number of fused-ring (bicyclic) bond motifs is 1. The lowest BCUT2D eigenvalue weighted by Gasteiger charge is -2.28. The second kappa shape index (κ2) is 9.85. The van der Waals surface area contributed by atoms with Gasteiger partial charge in [-0.25, -0.2) is 9.98 Å². The standard InChI is InChI=1S/C21H31N5S/c1-4-22-21(24-14-20-25-16(2)17(3)27-20)23-11-7-12-26-13-10-18-8-5-6-9-19(18)15-26/h5-6,8-9H,4,7,10-15H2,1-3H3,(H2,22,23,24). The van der Waals surface area contributed by atoms with Crippen molar-refractivity contribution in [3.05, 3.63) is 51.0 Å². The molecule has 0 bridgehead atoms. The molecule has 1 aliphatic rings. The predicted octanol–water partition coefficient (Wildman–Crippen LogP) is 3.26. The Balaban J connectivity index is 1.42. The van der Waals surface area contributed by atoms with Crippen LogP contribution in [0.1, 0.15) is 40.1 Å². The molecule has 0 atom stereocenters. The van der Waals surface area contributed by atoms with Gasteiger partial charge in [-0.15, -0.1) is 11.3 Å². The van der Waals surface area contributed by atoms with Crippen molar-refractivity contribution in [1.29, 1.82) is 0 Å². The highest BCUT2D eigenvalue weighted by atomic mass is 32.1. The molecule has 0 saturated carbocycles. The minimum absolute atomic E-state index is 0.636. The van der Waals surface area contributed by atoms with Crippen molar-refractivity contribution in [1.82, 2.24) is 20.5 Å². The van der Waals surface area contributed by atoms with E-state index in [1.807, 2.05) is 0 Å². The number of rotatable bonds is 7. The summed E-state index contributed by atoms with van der Waals surface area (Å²) in [4.78, 5) is 13.1. The Bertz CT molecular complexity index is 748. The molecule has 1 aliphatic heterocycles. The van der Waals surface area contributed by atoms with Crippen LogP contribution in [0.3, 0.4) is 0 Å². The van der Waals surface area contributed by atoms with Gasteiger partial charge in [0.15, 0.2) is 5.96 Å². The molecule has 146 valence electrons. The summed E-state index contributed by atoms with van der Waals surface area (Å²) in [6, 6.07) is 8.82. The number of aromatic nitrogens is 1. The van der Waals surface area contributed by atoms with E-state index in [0.29, 0.717) is 6.54 Å². The molecule has 0 radical (unpaired) electrons. The van der Waals surface area contributed by atoms with Gasteiger partial charge in [-0.3, -0.25) is 4.90 Å². The summed E-state index contributed by atoms with van der Waals surface area (Å²) >= 11 is 1.74. The van der Waals surface area contributed by atoms with Crippen LogP contribution in [-0.2, 0) is 19.5 Å². The largest absolute Gasteiger partial charge is 0.357 e. The minimum atomic E-state index is 0.636. The van der Waals surface area contributed by atoms with Crippen LogP contribution in [0.25, 0.3) is 0 Å². The Morgan fingerprint density at radius 2 is 2.04 bits per heavy atom. The quantitative estimate of drug-likeness (QED) is 0.436. The first-order chi connectivity index (χ1) is 13.2. The maximum absolute atomic E-state index is 4.68. The molecule has 0 spiro atoms. The third-order valence-corrected chi connectivity index (χ3v) is 6.00. The van der Waals surface area contributed by atoms with Gasteiger partial charge in [0.05, 0.1) is 12.2 Å². The molecule has 2 heterocycles. The van der Waals surface area contributed by atoms with E-state index in [0.717, 1.165) is 55.8 Å². The van der Waals surface area contributed by atoms with E-state index >= 15 is 0 Å². The number of hydrogen-bond acceptors (Lipinski definition) is 4. The molecule has 3 rings (SSSR count). The van der Waals surface area contributed by atoms with Crippen LogP contribution in [0, 0.1) is 13.8 Å². The zero-order chi connectivity index (χ0) is 19.1. The summed E-state index contributed by atoms with van der Waals surface area (Å²) < 4.78 is 0. The number of guanidine groups is 1. The lowest BCUT2D eigenvalue weighted by molar-refractivity contribution is 0.251. The van der Waals surface area contributed by atoms with E-state index in [2.05, 4.69) is 70.5 Å². The van der Waals surface area contributed by atoms with Gasteiger partial charge in [-0.1, -0.05) is 24.3 Å². The highest BCUT2D eigenvalue weighted by Gasteiger charge is 2.14. The Morgan fingerprint density at radius 3 is 2.78 bits per heavy atom. The molecular formula is C21H31N5S. The number of hydrogen-bond donors (Lipinski definition) is 2. The third-order valence-electron chi connectivity index (χ3n) is 4.94. The fourth-order valence-corrected chi connectivity index (χ4v) is 4.21. The number of aryl methyl sites for hydroxylation is 2. The van der Waals surface area contributed by atoms with Crippen molar-refractivity contribution in [2.45, 2.75) is 46.7 Å². The van der Waals surface area contributed by atoms with E-state index in [9.17, 15) is 0 Å². The van der Waals surface area contributed by atoms with Crippen molar-refractivity contribution in [3.63, 3.8) is 0 Å². The van der Waals surface area contributed by atoms with E-state index < -0.39 is 0 Å². The Morgan fingerprint density at radius 1 is 1.22 bits per heavy atom. The van der Waals surface area contributed by atoms with Crippen molar-refractivity contribution in [2.75, 3.05) is 26.2 Å². The molecular weight excluding hydrogens is 354 g/mol. The minimum Gasteiger partial charge on any atom is -0.357 e. The molecule has 0 fully saturated rings. The molecule has 2 aromatic rings. The first-order valence-corrected chi connectivity index (χ1v) is 10.7. The van der Waals surface area contributed by atoms with Gasteiger partial charge in [0.2, 0.25) is 0 Å². The van der Waals surface area contributed by atoms with Crippen LogP contribution in [0.15, 0.2) is 29.3 Å². The van der Waals surface area contributed by atoms with E-state index in [-0.39, 0.29) is 0 Å². The van der Waals surface area contributed by atoms with Crippen LogP contribution in [0.2, 0.25) is 0 Å². The average molecular weight is 386 g/mol. The Hall–Kier alpha value is -1.92.